The molecule has 20 heavy (non-hydrogen) atoms. The third-order valence-corrected chi connectivity index (χ3v) is 3.41. The van der Waals surface area contributed by atoms with Crippen LogP contribution < -0.4 is 0 Å². The Morgan fingerprint density at radius 2 is 2.15 bits per heavy atom. The van der Waals surface area contributed by atoms with Crippen LogP contribution in [0.1, 0.15) is 36.9 Å². The van der Waals surface area contributed by atoms with Crippen molar-refractivity contribution in [3.63, 3.8) is 0 Å². The predicted molar refractivity (Wildman–Crippen MR) is 66.4 cm³/mol. The van der Waals surface area contributed by atoms with Crippen molar-refractivity contribution in [3.8, 4) is 0 Å². The maximum Gasteiger partial charge on any atom is 0.354 e. The fourth-order valence-electron chi connectivity index (χ4n) is 2.33. The summed E-state index contributed by atoms with van der Waals surface area (Å²) in [5, 5.41) is 9.38. The minimum absolute atomic E-state index is 0.0452. The summed E-state index contributed by atoms with van der Waals surface area (Å²) in [5.74, 6) is -1.46. The molecule has 2 heterocycles. The number of nitrogens with one attached hydrogen (secondary N) is 1. The highest BCUT2D eigenvalue weighted by atomic mass is 16.5. The van der Waals surface area contributed by atoms with E-state index in [-0.39, 0.29) is 28.3 Å². The van der Waals surface area contributed by atoms with Crippen molar-refractivity contribution < 1.29 is 24.2 Å². The van der Waals surface area contributed by atoms with Gasteiger partial charge in [-0.15, -0.1) is 0 Å². The number of methoxy groups -OCH3 is 1. The van der Waals surface area contributed by atoms with Crippen LogP contribution in [-0.2, 0) is 11.3 Å². The molecule has 3 rings (SSSR count). The van der Waals surface area contributed by atoms with E-state index >= 15 is 0 Å². The SMILES string of the molecule is COC(=O)c1[nH]c2c(c1CO)C(=O)C=C(N1CC1)C2=O. The van der Waals surface area contributed by atoms with Gasteiger partial charge in [0.1, 0.15) is 11.4 Å². The molecule has 0 unspecified atom stereocenters. The molecule has 2 aliphatic rings. The topological polar surface area (TPSA) is 99.5 Å². The standard InChI is InChI=1S/C13H12N2O5/c1-20-13(19)10-6(5-16)9-8(17)4-7(15-2-3-15)12(18)11(9)14-10/h4,14,16H,2-3,5H2,1H3. The van der Waals surface area contributed by atoms with E-state index in [1.54, 1.807) is 4.90 Å². The van der Waals surface area contributed by atoms with Crippen molar-refractivity contribution in [3.05, 3.63) is 34.3 Å². The average molecular weight is 276 g/mol. The molecule has 1 aliphatic carbocycles. The highest BCUT2D eigenvalue weighted by Gasteiger charge is 2.37. The van der Waals surface area contributed by atoms with Crippen LogP contribution in [0.25, 0.3) is 0 Å². The molecule has 1 fully saturated rings. The molecule has 7 nitrogen and oxygen atoms in total. The number of H-pyrrole nitrogens is 1. The summed E-state index contributed by atoms with van der Waals surface area (Å²) >= 11 is 0. The lowest BCUT2D eigenvalue weighted by molar-refractivity contribution is 0.0591. The number of hydrogen-bond donors (Lipinski definition) is 2. The van der Waals surface area contributed by atoms with Crippen LogP contribution in [0.5, 0.6) is 0 Å². The number of aromatic nitrogens is 1. The zero-order valence-corrected chi connectivity index (χ0v) is 10.7. The van der Waals surface area contributed by atoms with Crippen molar-refractivity contribution in [2.75, 3.05) is 20.2 Å². The van der Waals surface area contributed by atoms with Gasteiger partial charge in [0.05, 0.1) is 25.0 Å². The molecule has 0 radical (unpaired) electrons. The number of ether oxygens (including phenoxy) is 1. The Labute approximate surface area is 113 Å². The fraction of sp³-hybridized carbons (Fsp3) is 0.308. The Balaban J connectivity index is 2.15. The quantitative estimate of drug-likeness (QED) is 0.589. The normalized spacial score (nSPS) is 16.9. The smallest absolute Gasteiger partial charge is 0.354 e. The summed E-state index contributed by atoms with van der Waals surface area (Å²) in [5.41, 5.74) is 0.477. The molecule has 0 atom stereocenters. The zero-order valence-electron chi connectivity index (χ0n) is 10.7. The highest BCUT2D eigenvalue weighted by molar-refractivity contribution is 6.25. The molecule has 1 aliphatic heterocycles. The summed E-state index contributed by atoms with van der Waals surface area (Å²) in [4.78, 5) is 40.5. The molecule has 0 aromatic carbocycles. The molecule has 2 N–H and O–H groups in total. The highest BCUT2D eigenvalue weighted by Crippen LogP contribution is 2.30. The Hall–Kier alpha value is -2.41. The largest absolute Gasteiger partial charge is 0.464 e. The predicted octanol–water partition coefficient (Wildman–Crippen LogP) is -0.128. The minimum Gasteiger partial charge on any atom is -0.464 e. The van der Waals surface area contributed by atoms with E-state index in [0.29, 0.717) is 5.70 Å². The number of ketones is 2. The van der Waals surface area contributed by atoms with Gasteiger partial charge in [0.15, 0.2) is 5.78 Å². The van der Waals surface area contributed by atoms with E-state index in [4.69, 9.17) is 0 Å². The van der Waals surface area contributed by atoms with Gasteiger partial charge < -0.3 is 19.7 Å². The summed E-state index contributed by atoms with van der Waals surface area (Å²) in [6, 6.07) is 0. The van der Waals surface area contributed by atoms with Crippen molar-refractivity contribution >= 4 is 17.5 Å². The fourth-order valence-corrected chi connectivity index (χ4v) is 2.33. The van der Waals surface area contributed by atoms with Gasteiger partial charge >= 0.3 is 5.97 Å². The number of Topliss-reactive ketones (excluding diaryl/α,β-unsaturated/α-hetero) is 1. The molecular weight excluding hydrogens is 264 g/mol. The van der Waals surface area contributed by atoms with Crippen LogP contribution in [-0.4, -0.2) is 52.7 Å². The van der Waals surface area contributed by atoms with Gasteiger partial charge in [-0.3, -0.25) is 9.59 Å². The van der Waals surface area contributed by atoms with Gasteiger partial charge in [-0.05, 0) is 0 Å². The number of aliphatic hydroxyl groups is 1. The Kier molecular flexibility index (Phi) is 2.72. The molecule has 0 saturated carbocycles. The number of carbonyl (C=O) groups is 3. The van der Waals surface area contributed by atoms with Crippen LogP contribution in [0.4, 0.5) is 0 Å². The minimum atomic E-state index is -0.725. The average Bonchev–Trinajstić information content (AvgIpc) is 3.20. The number of fused-ring (bicyclic) bond motifs is 1. The van der Waals surface area contributed by atoms with E-state index in [2.05, 4.69) is 9.72 Å². The summed E-state index contributed by atoms with van der Waals surface area (Å²) < 4.78 is 4.58. The van der Waals surface area contributed by atoms with E-state index in [1.807, 2.05) is 0 Å². The first-order valence-corrected chi connectivity index (χ1v) is 6.08. The van der Waals surface area contributed by atoms with Gasteiger partial charge in [-0.2, -0.15) is 0 Å². The van der Waals surface area contributed by atoms with Crippen LogP contribution in [0.2, 0.25) is 0 Å². The van der Waals surface area contributed by atoms with E-state index in [9.17, 15) is 19.5 Å². The van der Waals surface area contributed by atoms with Crippen molar-refractivity contribution in [1.82, 2.24) is 9.88 Å². The lowest BCUT2D eigenvalue weighted by Crippen LogP contribution is -2.21. The molecule has 0 spiro atoms. The van der Waals surface area contributed by atoms with Crippen LogP contribution in [0.3, 0.4) is 0 Å². The second-order valence-corrected chi connectivity index (χ2v) is 4.59. The third-order valence-electron chi connectivity index (χ3n) is 3.41. The molecule has 7 heteroatoms. The Morgan fingerprint density at radius 3 is 2.70 bits per heavy atom. The summed E-state index contributed by atoms with van der Waals surface area (Å²) in [6.07, 6.45) is 1.26. The maximum absolute atomic E-state index is 12.3. The third kappa shape index (κ3) is 1.67. The van der Waals surface area contributed by atoms with Gasteiger partial charge in [0, 0.05) is 24.7 Å². The van der Waals surface area contributed by atoms with Gasteiger partial charge in [0.25, 0.3) is 0 Å². The Bertz CT molecular complexity index is 667. The first kappa shape index (κ1) is 12.6. The lowest BCUT2D eigenvalue weighted by Gasteiger charge is -2.13. The number of aliphatic hydroxyl groups excluding tert-OH is 1. The van der Waals surface area contributed by atoms with Gasteiger partial charge in [-0.25, -0.2) is 4.79 Å². The van der Waals surface area contributed by atoms with Gasteiger partial charge in [-0.1, -0.05) is 0 Å². The molecular formula is C13H12N2O5. The monoisotopic (exact) mass is 276 g/mol. The van der Waals surface area contributed by atoms with Crippen LogP contribution in [0, 0.1) is 0 Å². The molecule has 0 amide bonds. The first-order valence-electron chi connectivity index (χ1n) is 6.08. The lowest BCUT2D eigenvalue weighted by atomic mass is 9.95. The van der Waals surface area contributed by atoms with E-state index in [0.717, 1.165) is 13.1 Å². The second-order valence-electron chi connectivity index (χ2n) is 4.59. The van der Waals surface area contributed by atoms with Crippen molar-refractivity contribution in [2.24, 2.45) is 0 Å². The van der Waals surface area contributed by atoms with Crippen molar-refractivity contribution in [1.29, 1.82) is 0 Å². The summed E-state index contributed by atoms with van der Waals surface area (Å²) in [7, 11) is 1.19. The number of hydrogen-bond acceptors (Lipinski definition) is 6. The molecule has 1 saturated heterocycles. The first-order chi connectivity index (χ1) is 9.58. The summed E-state index contributed by atoms with van der Waals surface area (Å²) in [6.45, 7) is 0.942. The van der Waals surface area contributed by atoms with E-state index < -0.39 is 18.4 Å². The number of allylic oxidation sites excluding steroid dienone is 2. The number of carbonyl (C=O) groups excluding carboxylic acids is 3. The van der Waals surface area contributed by atoms with Crippen LogP contribution in [0.15, 0.2) is 11.8 Å². The number of nitrogens with zero attached hydrogens (tertiary/aromatic N) is 1. The Morgan fingerprint density at radius 1 is 1.45 bits per heavy atom. The molecule has 1 aromatic heterocycles. The van der Waals surface area contributed by atoms with E-state index in [1.165, 1.54) is 13.2 Å². The second kappa shape index (κ2) is 4.31. The molecule has 104 valence electrons. The zero-order chi connectivity index (χ0) is 14.4. The van der Waals surface area contributed by atoms with Crippen LogP contribution >= 0.6 is 0 Å². The maximum atomic E-state index is 12.3. The molecule has 0 bridgehead atoms. The number of aromatic amines is 1. The molecule has 1 aromatic rings. The number of esters is 1. The van der Waals surface area contributed by atoms with Gasteiger partial charge in [0.2, 0.25) is 5.78 Å². The number of rotatable bonds is 3. The van der Waals surface area contributed by atoms with Crippen molar-refractivity contribution in [2.45, 2.75) is 6.61 Å².